The van der Waals surface area contributed by atoms with E-state index in [1.807, 2.05) is 30.3 Å². The number of pyridine rings is 1. The molecule has 0 aliphatic heterocycles. The molecule has 0 saturated heterocycles. The summed E-state index contributed by atoms with van der Waals surface area (Å²) in [6.07, 6.45) is -1.59. The topological polar surface area (TPSA) is 60.9 Å². The number of nitrogens with zero attached hydrogens (tertiary/aromatic N) is 3. The van der Waals surface area contributed by atoms with Crippen LogP contribution in [-0.4, -0.2) is 14.7 Å². The second kappa shape index (κ2) is 6.92. The number of halogens is 3. The van der Waals surface area contributed by atoms with E-state index in [1.165, 1.54) is 28.5 Å². The Labute approximate surface area is 140 Å². The van der Waals surface area contributed by atoms with Crippen LogP contribution in [0.1, 0.15) is 17.9 Å². The Hall–Kier alpha value is -2.90. The van der Waals surface area contributed by atoms with Crippen molar-refractivity contribution < 1.29 is 17.7 Å². The normalized spacial score (nSPS) is 11.6. The quantitative estimate of drug-likeness (QED) is 0.707. The predicted octanol–water partition coefficient (Wildman–Crippen LogP) is 3.55. The van der Waals surface area contributed by atoms with Crippen molar-refractivity contribution in [3.63, 3.8) is 0 Å². The minimum Gasteiger partial charge on any atom is -0.329 e. The summed E-state index contributed by atoms with van der Waals surface area (Å²) in [4.78, 5) is 15.4. The van der Waals surface area contributed by atoms with Crippen LogP contribution >= 0.6 is 0 Å². The van der Waals surface area contributed by atoms with Crippen LogP contribution in [0.5, 0.6) is 0 Å². The second-order valence-corrected chi connectivity index (χ2v) is 5.46. The highest BCUT2D eigenvalue weighted by Gasteiger charge is 2.38. The molecule has 0 bridgehead atoms. The minimum absolute atomic E-state index is 0.184. The van der Waals surface area contributed by atoms with Crippen LogP contribution < -0.4 is 5.56 Å². The first-order valence-corrected chi connectivity index (χ1v) is 7.59. The Morgan fingerprint density at radius 2 is 1.88 bits per heavy atom. The molecule has 8 heteroatoms. The first-order valence-electron chi connectivity index (χ1n) is 7.59. The van der Waals surface area contributed by atoms with E-state index in [0.717, 1.165) is 12.8 Å². The third kappa shape index (κ3) is 4.14. The van der Waals surface area contributed by atoms with Crippen LogP contribution in [0.3, 0.4) is 0 Å². The van der Waals surface area contributed by atoms with Crippen LogP contribution in [-0.2, 0) is 19.1 Å². The molecular weight excluding hydrogens is 335 g/mol. The molecule has 130 valence electrons. The highest BCUT2D eigenvalue weighted by atomic mass is 19.4. The van der Waals surface area contributed by atoms with Gasteiger partial charge in [0.2, 0.25) is 5.82 Å². The number of aromatic nitrogens is 3. The molecule has 0 amide bonds. The molecular formula is C17H14F3N3O2. The van der Waals surface area contributed by atoms with E-state index in [4.69, 9.17) is 0 Å². The summed E-state index contributed by atoms with van der Waals surface area (Å²) >= 11 is 0. The van der Waals surface area contributed by atoms with E-state index >= 15 is 0 Å². The first kappa shape index (κ1) is 16.9. The van der Waals surface area contributed by atoms with Crippen LogP contribution in [0.25, 0.3) is 11.4 Å². The lowest BCUT2D eigenvalue weighted by Gasteiger charge is -2.06. The van der Waals surface area contributed by atoms with Gasteiger partial charge in [-0.3, -0.25) is 4.79 Å². The van der Waals surface area contributed by atoms with Crippen molar-refractivity contribution in [2.75, 3.05) is 0 Å². The molecule has 0 unspecified atom stereocenters. The number of alkyl halides is 3. The summed E-state index contributed by atoms with van der Waals surface area (Å²) in [6, 6.07) is 12.6. The summed E-state index contributed by atoms with van der Waals surface area (Å²) in [5.74, 6) is -1.70. The van der Waals surface area contributed by atoms with Crippen molar-refractivity contribution in [1.29, 1.82) is 0 Å². The van der Waals surface area contributed by atoms with Crippen molar-refractivity contribution in [2.24, 2.45) is 0 Å². The molecule has 0 radical (unpaired) electrons. The Morgan fingerprint density at radius 3 is 2.52 bits per heavy atom. The van der Waals surface area contributed by atoms with Gasteiger partial charge in [0.1, 0.15) is 0 Å². The highest BCUT2D eigenvalue weighted by Crippen LogP contribution is 2.29. The first-order chi connectivity index (χ1) is 11.9. The second-order valence-electron chi connectivity index (χ2n) is 5.46. The molecule has 5 nitrogen and oxygen atoms in total. The lowest BCUT2D eigenvalue weighted by Crippen LogP contribution is -2.19. The van der Waals surface area contributed by atoms with E-state index < -0.39 is 12.1 Å². The number of aryl methyl sites for hydroxylation is 2. The molecule has 0 N–H and O–H groups in total. The molecule has 3 aromatic rings. The van der Waals surface area contributed by atoms with Crippen molar-refractivity contribution in [3.8, 4) is 11.4 Å². The van der Waals surface area contributed by atoms with Gasteiger partial charge in [0.25, 0.3) is 5.56 Å². The third-order valence-corrected chi connectivity index (χ3v) is 3.63. The zero-order valence-corrected chi connectivity index (χ0v) is 13.0. The van der Waals surface area contributed by atoms with Gasteiger partial charge in [0.15, 0.2) is 0 Å². The fourth-order valence-corrected chi connectivity index (χ4v) is 2.39. The maximum absolute atomic E-state index is 12.5. The van der Waals surface area contributed by atoms with E-state index in [9.17, 15) is 18.0 Å². The van der Waals surface area contributed by atoms with Gasteiger partial charge in [0, 0.05) is 24.4 Å². The highest BCUT2D eigenvalue weighted by molar-refractivity contribution is 5.52. The summed E-state index contributed by atoms with van der Waals surface area (Å²) < 4.78 is 43.1. The van der Waals surface area contributed by atoms with E-state index in [-0.39, 0.29) is 16.9 Å². The summed E-state index contributed by atoms with van der Waals surface area (Å²) in [5.41, 5.74) is 1.03. The maximum atomic E-state index is 12.5. The van der Waals surface area contributed by atoms with Gasteiger partial charge in [-0.05, 0) is 24.5 Å². The molecule has 2 aromatic heterocycles. The lowest BCUT2D eigenvalue weighted by molar-refractivity contribution is -0.159. The smallest absolute Gasteiger partial charge is 0.329 e. The molecule has 2 heterocycles. The van der Waals surface area contributed by atoms with E-state index in [2.05, 4.69) is 14.7 Å². The molecule has 0 atom stereocenters. The SMILES string of the molecule is O=c1cc(-c2noc(C(F)(F)F)n2)ccn1CCCc1ccccc1. The van der Waals surface area contributed by atoms with Crippen LogP contribution in [0.4, 0.5) is 13.2 Å². The molecule has 0 saturated carbocycles. The van der Waals surface area contributed by atoms with Crippen LogP contribution in [0.2, 0.25) is 0 Å². The minimum atomic E-state index is -4.71. The van der Waals surface area contributed by atoms with Gasteiger partial charge in [0.05, 0.1) is 0 Å². The van der Waals surface area contributed by atoms with Gasteiger partial charge in [-0.2, -0.15) is 18.2 Å². The van der Waals surface area contributed by atoms with Gasteiger partial charge < -0.3 is 9.09 Å². The molecule has 0 aliphatic rings. The van der Waals surface area contributed by atoms with Crippen molar-refractivity contribution >= 4 is 0 Å². The molecule has 25 heavy (non-hydrogen) atoms. The Kier molecular flexibility index (Phi) is 4.69. The zero-order chi connectivity index (χ0) is 17.9. The molecule has 0 fully saturated rings. The summed E-state index contributed by atoms with van der Waals surface area (Å²) in [5, 5.41) is 3.27. The van der Waals surface area contributed by atoms with Crippen LogP contribution in [0.15, 0.2) is 58.0 Å². The average Bonchev–Trinajstić information content (AvgIpc) is 3.08. The Bertz CT molecular complexity index is 901. The van der Waals surface area contributed by atoms with E-state index in [1.54, 1.807) is 0 Å². The Morgan fingerprint density at radius 1 is 1.12 bits per heavy atom. The molecule has 0 spiro atoms. The largest absolute Gasteiger partial charge is 0.471 e. The van der Waals surface area contributed by atoms with Gasteiger partial charge in [-0.15, -0.1) is 0 Å². The summed E-state index contributed by atoms with van der Waals surface area (Å²) in [7, 11) is 0. The summed E-state index contributed by atoms with van der Waals surface area (Å²) in [6.45, 7) is 0.508. The number of hydrogen-bond acceptors (Lipinski definition) is 4. The number of benzene rings is 1. The van der Waals surface area contributed by atoms with Gasteiger partial charge >= 0.3 is 12.1 Å². The van der Waals surface area contributed by atoms with Crippen LogP contribution in [0, 0.1) is 0 Å². The zero-order valence-electron chi connectivity index (χ0n) is 13.0. The average molecular weight is 349 g/mol. The number of rotatable bonds is 5. The van der Waals surface area contributed by atoms with E-state index in [0.29, 0.717) is 6.54 Å². The third-order valence-electron chi connectivity index (χ3n) is 3.63. The standard InChI is InChI=1S/C17H14F3N3O2/c18-17(19,20)16-21-15(22-25-16)13-8-10-23(14(24)11-13)9-4-7-12-5-2-1-3-6-12/h1-3,5-6,8,10-11H,4,7,9H2. The molecule has 3 rings (SSSR count). The van der Waals surface area contributed by atoms with Gasteiger partial charge in [-0.25, -0.2) is 0 Å². The van der Waals surface area contributed by atoms with Crippen molar-refractivity contribution in [3.05, 3.63) is 70.5 Å². The monoisotopic (exact) mass is 349 g/mol. The number of hydrogen-bond donors (Lipinski definition) is 0. The van der Waals surface area contributed by atoms with Gasteiger partial charge in [-0.1, -0.05) is 35.5 Å². The fourth-order valence-electron chi connectivity index (χ4n) is 2.39. The fraction of sp³-hybridized carbons (Fsp3) is 0.235. The van der Waals surface area contributed by atoms with Crippen molar-refractivity contribution in [2.45, 2.75) is 25.6 Å². The van der Waals surface area contributed by atoms with Crippen molar-refractivity contribution in [1.82, 2.24) is 14.7 Å². The lowest BCUT2D eigenvalue weighted by atomic mass is 10.1. The molecule has 1 aromatic carbocycles. The maximum Gasteiger partial charge on any atom is 0.471 e. The Balaban J connectivity index is 1.68. The molecule has 0 aliphatic carbocycles. The predicted molar refractivity (Wildman–Crippen MR) is 83.8 cm³/mol.